The second kappa shape index (κ2) is 12.7. The predicted molar refractivity (Wildman–Crippen MR) is 131 cm³/mol. The first-order valence-corrected chi connectivity index (χ1v) is 12.1. The highest BCUT2D eigenvalue weighted by Gasteiger charge is 2.39. The van der Waals surface area contributed by atoms with Crippen LogP contribution in [0.5, 0.6) is 0 Å². The van der Waals surface area contributed by atoms with E-state index in [0.717, 1.165) is 18.2 Å². The Labute approximate surface area is 225 Å². The number of halogens is 10. The highest BCUT2D eigenvalue weighted by atomic mass is 79.9. The maximum Gasteiger partial charge on any atom is 0.399 e. The van der Waals surface area contributed by atoms with Crippen LogP contribution in [0, 0.1) is 0 Å². The summed E-state index contributed by atoms with van der Waals surface area (Å²) in [5, 5.41) is 1.79. The van der Waals surface area contributed by atoms with Gasteiger partial charge in [-0.25, -0.2) is 0 Å². The van der Waals surface area contributed by atoms with Crippen molar-refractivity contribution in [3.63, 3.8) is 0 Å². The number of carbonyl (C=O) groups is 2. The number of benzene rings is 2. The maximum atomic E-state index is 13.7. The molecular formula is C23H17BrCl3F6NO2. The van der Waals surface area contributed by atoms with Crippen molar-refractivity contribution >= 4 is 68.5 Å². The molecule has 2 aromatic rings. The number of Topliss-reactive ketones (excluding diaryl/α,β-unsaturated/α-hetero) is 1. The largest absolute Gasteiger partial charge is 0.399 e. The van der Waals surface area contributed by atoms with Crippen LogP contribution in [0.4, 0.5) is 26.3 Å². The molecule has 1 atom stereocenters. The lowest BCUT2D eigenvalue weighted by atomic mass is 9.96. The van der Waals surface area contributed by atoms with E-state index in [4.69, 9.17) is 34.8 Å². The number of alkyl halides is 6. The molecule has 3 nitrogen and oxygen atoms in total. The molecule has 0 saturated carbocycles. The van der Waals surface area contributed by atoms with Crippen molar-refractivity contribution < 1.29 is 35.9 Å². The molecule has 0 aliphatic carbocycles. The number of allylic oxidation sites excluding steroid dienone is 1. The molecule has 2 aromatic carbocycles. The molecule has 0 fully saturated rings. The SMILES string of the molecule is O=C(CC(F)(F)F)NCCCC(=O)c1ccc(/C=C/C(c2cc(Cl)c(Cl)c(Cl)c2)C(F)(F)F)cc1Br. The first-order valence-electron chi connectivity index (χ1n) is 10.1. The van der Waals surface area contributed by atoms with Crippen LogP contribution < -0.4 is 5.32 Å². The van der Waals surface area contributed by atoms with Gasteiger partial charge in [-0.1, -0.05) is 69.0 Å². The average molecular weight is 640 g/mol. The van der Waals surface area contributed by atoms with Gasteiger partial charge in [-0.05, 0) is 41.8 Å². The summed E-state index contributed by atoms with van der Waals surface area (Å²) in [6.45, 7) is -0.114. The zero-order chi connectivity index (χ0) is 27.3. The lowest BCUT2D eigenvalue weighted by molar-refractivity contribution is -0.153. The Bertz CT molecular complexity index is 1130. The molecule has 0 radical (unpaired) electrons. The van der Waals surface area contributed by atoms with Crippen LogP contribution in [0.2, 0.25) is 15.1 Å². The summed E-state index contributed by atoms with van der Waals surface area (Å²) in [4.78, 5) is 23.6. The number of carbonyl (C=O) groups excluding carboxylic acids is 2. The van der Waals surface area contributed by atoms with Crippen LogP contribution in [0.3, 0.4) is 0 Å². The molecule has 36 heavy (non-hydrogen) atoms. The van der Waals surface area contributed by atoms with E-state index in [0.29, 0.717) is 10.0 Å². The molecule has 0 heterocycles. The van der Waals surface area contributed by atoms with E-state index in [9.17, 15) is 35.9 Å². The van der Waals surface area contributed by atoms with Gasteiger partial charge in [0.15, 0.2) is 5.78 Å². The topological polar surface area (TPSA) is 46.2 Å². The van der Waals surface area contributed by atoms with Crippen molar-refractivity contribution in [1.29, 1.82) is 0 Å². The van der Waals surface area contributed by atoms with E-state index in [1.54, 1.807) is 0 Å². The fourth-order valence-corrected chi connectivity index (χ4v) is 4.32. The average Bonchev–Trinajstić information content (AvgIpc) is 2.73. The van der Waals surface area contributed by atoms with E-state index in [1.165, 1.54) is 24.3 Å². The van der Waals surface area contributed by atoms with E-state index in [1.807, 2.05) is 0 Å². The Kier molecular flexibility index (Phi) is 10.7. The minimum absolute atomic E-state index is 0.0557. The number of amides is 1. The number of nitrogens with one attached hydrogen (secondary N) is 1. The highest BCUT2D eigenvalue weighted by molar-refractivity contribution is 9.10. The monoisotopic (exact) mass is 637 g/mol. The summed E-state index contributed by atoms with van der Waals surface area (Å²) in [5.74, 6) is -3.58. The first kappa shape index (κ1) is 30.5. The van der Waals surface area contributed by atoms with Crippen molar-refractivity contribution in [1.82, 2.24) is 5.32 Å². The molecule has 0 saturated heterocycles. The summed E-state index contributed by atoms with van der Waals surface area (Å²) in [6, 6.07) is 6.47. The van der Waals surface area contributed by atoms with Gasteiger partial charge < -0.3 is 5.32 Å². The van der Waals surface area contributed by atoms with Crippen LogP contribution in [0.1, 0.15) is 46.7 Å². The van der Waals surface area contributed by atoms with Crippen LogP contribution in [-0.2, 0) is 4.79 Å². The van der Waals surface area contributed by atoms with Gasteiger partial charge in [-0.2, -0.15) is 26.3 Å². The third-order valence-corrected chi connectivity index (χ3v) is 6.61. The molecule has 2 rings (SSSR count). The van der Waals surface area contributed by atoms with Crippen LogP contribution in [-0.4, -0.2) is 30.6 Å². The van der Waals surface area contributed by atoms with Crippen LogP contribution >= 0.6 is 50.7 Å². The van der Waals surface area contributed by atoms with Gasteiger partial charge in [0.05, 0.1) is 21.0 Å². The van der Waals surface area contributed by atoms with Gasteiger partial charge in [0.2, 0.25) is 5.91 Å². The van der Waals surface area contributed by atoms with Gasteiger partial charge in [-0.3, -0.25) is 9.59 Å². The summed E-state index contributed by atoms with van der Waals surface area (Å²) in [7, 11) is 0. The van der Waals surface area contributed by atoms with E-state index >= 15 is 0 Å². The molecule has 1 amide bonds. The summed E-state index contributed by atoms with van der Waals surface area (Å²) in [6.07, 6.45) is -8.68. The zero-order valence-corrected chi connectivity index (χ0v) is 21.9. The molecule has 0 aliphatic heterocycles. The second-order valence-corrected chi connectivity index (χ2v) is 9.63. The Hall–Kier alpha value is -1.75. The standard InChI is InChI=1S/C23H17BrCl3F6NO2/c24-16-8-12(3-5-14(16)19(35)2-1-7-34-20(36)11-22(28,29)30)4-6-15(23(31,32)33)13-9-17(25)21(27)18(26)10-13/h3-6,8-10,15H,1-2,7,11H2,(H,34,36)/b6-4+. The van der Waals surface area contributed by atoms with Crippen LogP contribution in [0.25, 0.3) is 6.08 Å². The zero-order valence-electron chi connectivity index (χ0n) is 18.0. The maximum absolute atomic E-state index is 13.7. The van der Waals surface area contributed by atoms with Gasteiger partial charge in [0, 0.05) is 23.0 Å². The number of ketones is 1. The van der Waals surface area contributed by atoms with Gasteiger partial charge in [-0.15, -0.1) is 0 Å². The number of rotatable bonds is 9. The molecule has 1 N–H and O–H groups in total. The fourth-order valence-electron chi connectivity index (χ4n) is 3.09. The van der Waals surface area contributed by atoms with Gasteiger partial charge in [0.1, 0.15) is 6.42 Å². The molecule has 196 valence electrons. The summed E-state index contributed by atoms with van der Waals surface area (Å²) < 4.78 is 77.8. The molecule has 0 aliphatic rings. The Balaban J connectivity index is 2.08. The minimum atomic E-state index is -4.65. The molecular weight excluding hydrogens is 623 g/mol. The quantitative estimate of drug-likeness (QED) is 0.129. The lowest BCUT2D eigenvalue weighted by Crippen LogP contribution is -2.29. The normalized spacial score (nSPS) is 13.2. The minimum Gasteiger partial charge on any atom is -0.356 e. The highest BCUT2D eigenvalue weighted by Crippen LogP contribution is 2.41. The number of hydrogen-bond acceptors (Lipinski definition) is 2. The molecule has 13 heteroatoms. The predicted octanol–water partition coefficient (Wildman–Crippen LogP) is 8.80. The van der Waals surface area contributed by atoms with Crippen molar-refractivity contribution in [2.45, 2.75) is 37.5 Å². The Morgan fingerprint density at radius 2 is 1.61 bits per heavy atom. The number of hydrogen-bond donors (Lipinski definition) is 1. The summed E-state index contributed by atoms with van der Waals surface area (Å²) in [5.41, 5.74) is 0.391. The van der Waals surface area contributed by atoms with E-state index in [-0.39, 0.29) is 51.4 Å². The van der Waals surface area contributed by atoms with Crippen LogP contribution in [0.15, 0.2) is 40.9 Å². The molecule has 0 spiro atoms. The van der Waals surface area contributed by atoms with E-state index in [2.05, 4.69) is 21.2 Å². The van der Waals surface area contributed by atoms with Crippen molar-refractivity contribution in [3.05, 3.63) is 72.6 Å². The third-order valence-electron chi connectivity index (χ3n) is 4.76. The van der Waals surface area contributed by atoms with Crippen molar-refractivity contribution in [3.8, 4) is 0 Å². The molecule has 0 aromatic heterocycles. The van der Waals surface area contributed by atoms with Gasteiger partial charge >= 0.3 is 12.4 Å². The molecule has 0 bridgehead atoms. The van der Waals surface area contributed by atoms with Crippen molar-refractivity contribution in [2.24, 2.45) is 0 Å². The fraction of sp³-hybridized carbons (Fsp3) is 0.304. The second-order valence-electron chi connectivity index (χ2n) is 7.58. The first-order chi connectivity index (χ1) is 16.6. The third kappa shape index (κ3) is 9.28. The van der Waals surface area contributed by atoms with Gasteiger partial charge in [0.25, 0.3) is 0 Å². The Morgan fingerprint density at radius 1 is 1.00 bits per heavy atom. The lowest BCUT2D eigenvalue weighted by Gasteiger charge is -2.18. The molecule has 1 unspecified atom stereocenters. The van der Waals surface area contributed by atoms with Crippen molar-refractivity contribution in [2.75, 3.05) is 6.54 Å². The summed E-state index contributed by atoms with van der Waals surface area (Å²) >= 11 is 20.8. The van der Waals surface area contributed by atoms with E-state index < -0.39 is 30.6 Å². The smallest absolute Gasteiger partial charge is 0.356 e. The Morgan fingerprint density at radius 3 is 2.14 bits per heavy atom.